The number of carbonyl (C=O) groups excluding carboxylic acids is 1. The van der Waals surface area contributed by atoms with E-state index in [1.54, 1.807) is 18.5 Å². The third-order valence-electron chi connectivity index (χ3n) is 4.45. The van der Waals surface area contributed by atoms with Crippen LogP contribution in [0.4, 0.5) is 5.95 Å². The van der Waals surface area contributed by atoms with Gasteiger partial charge in [0.1, 0.15) is 0 Å². The van der Waals surface area contributed by atoms with Crippen LogP contribution in [-0.2, 0) is 0 Å². The molecule has 0 saturated carbocycles. The molecule has 1 amide bonds. The molecular weight excluding hydrogens is 314 g/mol. The number of nitrogens with one attached hydrogen (secondary N) is 1. The van der Waals surface area contributed by atoms with Gasteiger partial charge in [0.05, 0.1) is 5.52 Å². The van der Waals surface area contributed by atoms with Gasteiger partial charge in [-0.25, -0.2) is 9.97 Å². The SMILES string of the molecule is Cc1ccc2cc(C(=O)N3CCC(Nc4ncccn4)C3)ccc2n1. The Bertz CT molecular complexity index is 912. The van der Waals surface area contributed by atoms with Gasteiger partial charge in [0.15, 0.2) is 0 Å². The fraction of sp³-hybridized carbons (Fsp3) is 0.263. The number of rotatable bonds is 3. The van der Waals surface area contributed by atoms with Crippen molar-refractivity contribution in [2.45, 2.75) is 19.4 Å². The van der Waals surface area contributed by atoms with Crippen LogP contribution in [0, 0.1) is 6.92 Å². The number of hydrogen-bond acceptors (Lipinski definition) is 5. The van der Waals surface area contributed by atoms with Gasteiger partial charge in [0.2, 0.25) is 5.95 Å². The molecule has 1 aliphatic heterocycles. The van der Waals surface area contributed by atoms with Gasteiger partial charge in [-0.3, -0.25) is 9.78 Å². The van der Waals surface area contributed by atoms with Gasteiger partial charge < -0.3 is 10.2 Å². The van der Waals surface area contributed by atoms with Crippen LogP contribution in [-0.4, -0.2) is 44.9 Å². The van der Waals surface area contributed by atoms with E-state index >= 15 is 0 Å². The molecule has 0 bridgehead atoms. The van der Waals surface area contributed by atoms with E-state index < -0.39 is 0 Å². The number of fused-ring (bicyclic) bond motifs is 1. The molecule has 6 heteroatoms. The first kappa shape index (κ1) is 15.5. The van der Waals surface area contributed by atoms with Crippen molar-refractivity contribution in [2.24, 2.45) is 0 Å². The van der Waals surface area contributed by atoms with E-state index in [-0.39, 0.29) is 11.9 Å². The third kappa shape index (κ3) is 3.28. The van der Waals surface area contributed by atoms with Crippen LogP contribution in [0.2, 0.25) is 0 Å². The molecule has 126 valence electrons. The van der Waals surface area contributed by atoms with Crippen LogP contribution in [0.15, 0.2) is 48.8 Å². The Balaban J connectivity index is 1.47. The van der Waals surface area contributed by atoms with Crippen molar-refractivity contribution in [3.63, 3.8) is 0 Å². The third-order valence-corrected chi connectivity index (χ3v) is 4.45. The van der Waals surface area contributed by atoms with E-state index in [2.05, 4.69) is 20.3 Å². The molecular formula is C19H19N5O. The first-order valence-corrected chi connectivity index (χ1v) is 8.39. The van der Waals surface area contributed by atoms with Gasteiger partial charge in [0, 0.05) is 48.2 Å². The van der Waals surface area contributed by atoms with E-state index in [1.165, 1.54) is 0 Å². The molecule has 1 N–H and O–H groups in total. The van der Waals surface area contributed by atoms with Crippen LogP contribution in [0.1, 0.15) is 22.5 Å². The Kier molecular flexibility index (Phi) is 4.01. The minimum Gasteiger partial charge on any atom is -0.350 e. The molecule has 6 nitrogen and oxygen atoms in total. The molecule has 3 heterocycles. The molecule has 1 unspecified atom stereocenters. The van der Waals surface area contributed by atoms with Gasteiger partial charge in [-0.15, -0.1) is 0 Å². The van der Waals surface area contributed by atoms with Crippen LogP contribution in [0.5, 0.6) is 0 Å². The van der Waals surface area contributed by atoms with E-state index in [9.17, 15) is 4.79 Å². The summed E-state index contributed by atoms with van der Waals surface area (Å²) in [6, 6.07) is 11.6. The molecule has 0 aliphatic carbocycles. The highest BCUT2D eigenvalue weighted by atomic mass is 16.2. The molecule has 1 aromatic carbocycles. The zero-order valence-electron chi connectivity index (χ0n) is 14.0. The second-order valence-corrected chi connectivity index (χ2v) is 6.31. The van der Waals surface area contributed by atoms with Crippen LogP contribution in [0.3, 0.4) is 0 Å². The van der Waals surface area contributed by atoms with Crippen molar-refractivity contribution in [1.82, 2.24) is 19.9 Å². The number of amides is 1. The highest BCUT2D eigenvalue weighted by Crippen LogP contribution is 2.19. The highest BCUT2D eigenvalue weighted by molar-refractivity contribution is 5.98. The normalized spacial score (nSPS) is 17.0. The standard InChI is InChI=1S/C19H19N5O/c1-13-3-4-14-11-15(5-6-17(14)22-13)18(25)24-10-7-16(12-24)23-19-20-8-2-9-21-19/h2-6,8-9,11,16H,7,10,12H2,1H3,(H,20,21,23). The van der Waals surface area contributed by atoms with Crippen LogP contribution < -0.4 is 5.32 Å². The summed E-state index contributed by atoms with van der Waals surface area (Å²) >= 11 is 0. The Labute approximate surface area is 145 Å². The predicted molar refractivity (Wildman–Crippen MR) is 96.4 cm³/mol. The molecule has 4 rings (SSSR count). The Morgan fingerprint density at radius 2 is 2.04 bits per heavy atom. The first-order valence-electron chi connectivity index (χ1n) is 8.39. The fourth-order valence-electron chi connectivity index (χ4n) is 3.16. The second kappa shape index (κ2) is 6.47. The quantitative estimate of drug-likeness (QED) is 0.798. The number of pyridine rings is 1. The summed E-state index contributed by atoms with van der Waals surface area (Å²) in [6.07, 6.45) is 4.30. The number of nitrogens with zero attached hydrogens (tertiary/aromatic N) is 4. The Morgan fingerprint density at radius 1 is 1.20 bits per heavy atom. The lowest BCUT2D eigenvalue weighted by molar-refractivity contribution is 0.0791. The van der Waals surface area contributed by atoms with Crippen LogP contribution >= 0.6 is 0 Å². The molecule has 0 radical (unpaired) electrons. The maximum absolute atomic E-state index is 12.8. The largest absolute Gasteiger partial charge is 0.350 e. The van der Waals surface area contributed by atoms with Gasteiger partial charge >= 0.3 is 0 Å². The number of aromatic nitrogens is 3. The van der Waals surface area contributed by atoms with Crippen molar-refractivity contribution in [3.8, 4) is 0 Å². The topological polar surface area (TPSA) is 71.0 Å². The Morgan fingerprint density at radius 3 is 2.88 bits per heavy atom. The number of likely N-dealkylation sites (tertiary alicyclic amines) is 1. The van der Waals surface area contributed by atoms with Gasteiger partial charge in [-0.2, -0.15) is 0 Å². The Hall–Kier alpha value is -3.02. The van der Waals surface area contributed by atoms with Gasteiger partial charge in [-0.05, 0) is 43.7 Å². The summed E-state index contributed by atoms with van der Waals surface area (Å²) in [5.41, 5.74) is 2.59. The zero-order chi connectivity index (χ0) is 17.2. The lowest BCUT2D eigenvalue weighted by Gasteiger charge is -2.17. The average Bonchev–Trinajstić information content (AvgIpc) is 3.10. The van der Waals surface area contributed by atoms with E-state index in [0.717, 1.165) is 29.6 Å². The van der Waals surface area contributed by atoms with Crippen molar-refractivity contribution in [2.75, 3.05) is 18.4 Å². The summed E-state index contributed by atoms with van der Waals surface area (Å²) < 4.78 is 0. The number of benzene rings is 1. The maximum Gasteiger partial charge on any atom is 0.253 e. The molecule has 25 heavy (non-hydrogen) atoms. The minimum atomic E-state index is 0.0563. The molecule has 0 spiro atoms. The first-order chi connectivity index (χ1) is 12.2. The van der Waals surface area contributed by atoms with E-state index in [1.807, 2.05) is 42.2 Å². The fourth-order valence-corrected chi connectivity index (χ4v) is 3.16. The molecule has 1 aliphatic rings. The van der Waals surface area contributed by atoms with Crippen LogP contribution in [0.25, 0.3) is 10.9 Å². The summed E-state index contributed by atoms with van der Waals surface area (Å²) in [5.74, 6) is 0.662. The number of hydrogen-bond donors (Lipinski definition) is 1. The zero-order valence-corrected chi connectivity index (χ0v) is 14.0. The second-order valence-electron chi connectivity index (χ2n) is 6.31. The smallest absolute Gasteiger partial charge is 0.253 e. The molecule has 1 atom stereocenters. The molecule has 3 aromatic rings. The number of carbonyl (C=O) groups is 1. The summed E-state index contributed by atoms with van der Waals surface area (Å²) in [7, 11) is 0. The monoisotopic (exact) mass is 333 g/mol. The summed E-state index contributed by atoms with van der Waals surface area (Å²) in [5, 5.41) is 4.28. The molecule has 1 fully saturated rings. The van der Waals surface area contributed by atoms with Gasteiger partial charge in [0.25, 0.3) is 5.91 Å². The lowest BCUT2D eigenvalue weighted by Crippen LogP contribution is -2.31. The highest BCUT2D eigenvalue weighted by Gasteiger charge is 2.27. The van der Waals surface area contributed by atoms with Gasteiger partial charge in [-0.1, -0.05) is 6.07 Å². The molecule has 2 aromatic heterocycles. The molecule has 1 saturated heterocycles. The average molecular weight is 333 g/mol. The number of anilines is 1. The summed E-state index contributed by atoms with van der Waals surface area (Å²) in [4.78, 5) is 27.5. The van der Waals surface area contributed by atoms with Crippen molar-refractivity contribution < 1.29 is 4.79 Å². The number of aryl methyl sites for hydroxylation is 1. The van der Waals surface area contributed by atoms with Crippen molar-refractivity contribution in [1.29, 1.82) is 0 Å². The lowest BCUT2D eigenvalue weighted by atomic mass is 10.1. The van der Waals surface area contributed by atoms with E-state index in [4.69, 9.17) is 0 Å². The van der Waals surface area contributed by atoms with Crippen molar-refractivity contribution in [3.05, 3.63) is 60.0 Å². The van der Waals surface area contributed by atoms with E-state index in [0.29, 0.717) is 18.1 Å². The maximum atomic E-state index is 12.8. The minimum absolute atomic E-state index is 0.0563. The predicted octanol–water partition coefficient (Wildman–Crippen LogP) is 2.66. The summed E-state index contributed by atoms with van der Waals surface area (Å²) in [6.45, 7) is 3.35. The van der Waals surface area contributed by atoms with Crippen molar-refractivity contribution >= 4 is 22.8 Å².